The SMILES string of the molecule is O=C(CSc1nnc(-c2cccnc2)n1-c1ccc(Br)cc1)N/N=C/c1ccccc1O. The molecule has 0 bridgehead atoms. The van der Waals surface area contributed by atoms with E-state index in [4.69, 9.17) is 0 Å². The molecule has 2 heterocycles. The van der Waals surface area contributed by atoms with Gasteiger partial charge in [-0.05, 0) is 48.5 Å². The molecule has 0 saturated carbocycles. The number of nitrogens with zero attached hydrogens (tertiary/aromatic N) is 5. The van der Waals surface area contributed by atoms with Crippen molar-refractivity contribution in [3.05, 3.63) is 83.1 Å². The minimum Gasteiger partial charge on any atom is -0.507 e. The summed E-state index contributed by atoms with van der Waals surface area (Å²) in [5.41, 5.74) is 4.64. The van der Waals surface area contributed by atoms with Crippen LogP contribution in [0.2, 0.25) is 0 Å². The Morgan fingerprint density at radius 2 is 1.94 bits per heavy atom. The summed E-state index contributed by atoms with van der Waals surface area (Å²) >= 11 is 4.69. The Hall–Kier alpha value is -3.50. The normalized spacial score (nSPS) is 11.0. The van der Waals surface area contributed by atoms with Crippen LogP contribution in [0.1, 0.15) is 5.56 Å². The van der Waals surface area contributed by atoms with Crippen LogP contribution in [-0.4, -0.2) is 42.7 Å². The molecule has 0 aliphatic rings. The van der Waals surface area contributed by atoms with Gasteiger partial charge in [0.2, 0.25) is 0 Å². The van der Waals surface area contributed by atoms with E-state index in [1.54, 1.807) is 36.7 Å². The number of carbonyl (C=O) groups is 1. The summed E-state index contributed by atoms with van der Waals surface area (Å²) in [6, 6.07) is 18.2. The number of aromatic nitrogens is 4. The lowest BCUT2D eigenvalue weighted by molar-refractivity contribution is -0.118. The summed E-state index contributed by atoms with van der Waals surface area (Å²) in [4.78, 5) is 16.4. The lowest BCUT2D eigenvalue weighted by Gasteiger charge is -2.10. The van der Waals surface area contributed by atoms with Gasteiger partial charge in [0.1, 0.15) is 5.75 Å². The fourth-order valence-corrected chi connectivity index (χ4v) is 3.81. The van der Waals surface area contributed by atoms with Gasteiger partial charge in [-0.2, -0.15) is 5.10 Å². The van der Waals surface area contributed by atoms with Crippen molar-refractivity contribution in [2.75, 3.05) is 5.75 Å². The molecule has 0 spiro atoms. The largest absolute Gasteiger partial charge is 0.507 e. The fourth-order valence-electron chi connectivity index (χ4n) is 2.80. The van der Waals surface area contributed by atoms with Crippen molar-refractivity contribution >= 4 is 39.8 Å². The van der Waals surface area contributed by atoms with Gasteiger partial charge in [-0.3, -0.25) is 14.3 Å². The molecule has 160 valence electrons. The summed E-state index contributed by atoms with van der Waals surface area (Å²) < 4.78 is 2.83. The number of nitrogens with one attached hydrogen (secondary N) is 1. The molecule has 0 aliphatic heterocycles. The van der Waals surface area contributed by atoms with E-state index in [2.05, 4.69) is 41.6 Å². The maximum Gasteiger partial charge on any atom is 0.250 e. The number of halogens is 1. The summed E-state index contributed by atoms with van der Waals surface area (Å²) in [6.07, 6.45) is 4.80. The molecule has 32 heavy (non-hydrogen) atoms. The Kier molecular flexibility index (Phi) is 6.93. The van der Waals surface area contributed by atoms with Gasteiger partial charge in [0.15, 0.2) is 11.0 Å². The monoisotopic (exact) mass is 508 g/mol. The van der Waals surface area contributed by atoms with E-state index in [0.29, 0.717) is 16.5 Å². The molecule has 4 aromatic rings. The highest BCUT2D eigenvalue weighted by atomic mass is 79.9. The van der Waals surface area contributed by atoms with Gasteiger partial charge in [-0.15, -0.1) is 10.2 Å². The van der Waals surface area contributed by atoms with Gasteiger partial charge < -0.3 is 5.11 Å². The fraction of sp³-hybridized carbons (Fsp3) is 0.0455. The Morgan fingerprint density at radius 3 is 2.69 bits per heavy atom. The third-order valence-electron chi connectivity index (χ3n) is 4.30. The van der Waals surface area contributed by atoms with Crippen molar-refractivity contribution in [1.82, 2.24) is 25.2 Å². The van der Waals surface area contributed by atoms with Gasteiger partial charge in [0.05, 0.1) is 12.0 Å². The van der Waals surface area contributed by atoms with E-state index in [-0.39, 0.29) is 17.4 Å². The number of hydrogen-bond donors (Lipinski definition) is 2. The third kappa shape index (κ3) is 5.21. The zero-order valence-corrected chi connectivity index (χ0v) is 19.0. The van der Waals surface area contributed by atoms with Gasteiger partial charge >= 0.3 is 0 Å². The molecule has 0 saturated heterocycles. The van der Waals surface area contributed by atoms with Crippen LogP contribution in [0.25, 0.3) is 17.1 Å². The van der Waals surface area contributed by atoms with Crippen LogP contribution >= 0.6 is 27.7 Å². The number of hydrazone groups is 1. The standard InChI is InChI=1S/C22H17BrN6O2S/c23-17-7-9-18(10-8-17)29-21(16-5-3-11-24-12-16)27-28-22(29)32-14-20(31)26-25-13-15-4-1-2-6-19(15)30/h1-13,30H,14H2,(H,26,31)/b25-13+. The van der Waals surface area contributed by atoms with Gasteiger partial charge in [0.25, 0.3) is 5.91 Å². The van der Waals surface area contributed by atoms with Crippen molar-refractivity contribution in [3.8, 4) is 22.8 Å². The third-order valence-corrected chi connectivity index (χ3v) is 5.76. The minimum atomic E-state index is -0.310. The average Bonchev–Trinajstić information content (AvgIpc) is 3.24. The van der Waals surface area contributed by atoms with Crippen LogP contribution in [0.15, 0.2) is 87.8 Å². The molecule has 0 unspecified atom stereocenters. The van der Waals surface area contributed by atoms with Crippen LogP contribution in [0.3, 0.4) is 0 Å². The molecule has 10 heteroatoms. The lowest BCUT2D eigenvalue weighted by Crippen LogP contribution is -2.20. The molecule has 2 aromatic carbocycles. The topological polar surface area (TPSA) is 105 Å². The number of phenols is 1. The highest BCUT2D eigenvalue weighted by molar-refractivity contribution is 9.10. The number of pyridine rings is 1. The summed E-state index contributed by atoms with van der Waals surface area (Å²) in [6.45, 7) is 0. The molecular formula is C22H17BrN6O2S. The van der Waals surface area contributed by atoms with E-state index in [0.717, 1.165) is 15.7 Å². The number of phenolic OH excluding ortho intramolecular Hbond substituents is 1. The van der Waals surface area contributed by atoms with E-state index in [9.17, 15) is 9.90 Å². The van der Waals surface area contributed by atoms with Gasteiger partial charge in [-0.25, -0.2) is 5.43 Å². The molecule has 0 aliphatic carbocycles. The van der Waals surface area contributed by atoms with Crippen LogP contribution < -0.4 is 5.43 Å². The number of rotatable bonds is 7. The van der Waals surface area contributed by atoms with Crippen molar-refractivity contribution in [2.45, 2.75) is 5.16 Å². The van der Waals surface area contributed by atoms with Crippen molar-refractivity contribution < 1.29 is 9.90 Å². The summed E-state index contributed by atoms with van der Waals surface area (Å²) in [5, 5.41) is 22.8. The molecule has 8 nitrogen and oxygen atoms in total. The molecule has 1 amide bonds. The van der Waals surface area contributed by atoms with Crippen LogP contribution in [0, 0.1) is 0 Å². The molecular weight excluding hydrogens is 492 g/mol. The predicted molar refractivity (Wildman–Crippen MR) is 127 cm³/mol. The summed E-state index contributed by atoms with van der Waals surface area (Å²) in [5.74, 6) is 0.487. The Morgan fingerprint density at radius 1 is 1.12 bits per heavy atom. The van der Waals surface area contributed by atoms with E-state index >= 15 is 0 Å². The number of para-hydroxylation sites is 1. The number of carbonyl (C=O) groups excluding carboxylic acids is 1. The van der Waals surface area contributed by atoms with Crippen LogP contribution in [0.5, 0.6) is 5.75 Å². The Bertz CT molecular complexity index is 1250. The Labute approximate surface area is 196 Å². The van der Waals surface area contributed by atoms with Gasteiger partial charge in [-0.1, -0.05) is 39.8 Å². The quantitative estimate of drug-likeness (QED) is 0.221. The first kappa shape index (κ1) is 21.7. The highest BCUT2D eigenvalue weighted by Crippen LogP contribution is 2.28. The number of thioether (sulfide) groups is 1. The molecule has 0 fully saturated rings. The van der Waals surface area contributed by atoms with Crippen molar-refractivity contribution in [1.29, 1.82) is 0 Å². The first-order valence-electron chi connectivity index (χ1n) is 9.46. The maximum atomic E-state index is 12.3. The smallest absolute Gasteiger partial charge is 0.250 e. The van der Waals surface area contributed by atoms with Crippen molar-refractivity contribution in [3.63, 3.8) is 0 Å². The molecule has 2 aromatic heterocycles. The first-order chi connectivity index (χ1) is 15.6. The van der Waals surface area contributed by atoms with Crippen LogP contribution in [-0.2, 0) is 4.79 Å². The average molecular weight is 509 g/mol. The van der Waals surface area contributed by atoms with Crippen LogP contribution in [0.4, 0.5) is 0 Å². The number of hydrogen-bond acceptors (Lipinski definition) is 7. The Balaban J connectivity index is 1.51. The second-order valence-electron chi connectivity index (χ2n) is 6.50. The number of amides is 1. The maximum absolute atomic E-state index is 12.3. The predicted octanol–water partition coefficient (Wildman–Crippen LogP) is 4.04. The zero-order chi connectivity index (χ0) is 22.3. The first-order valence-corrected chi connectivity index (χ1v) is 11.2. The second kappa shape index (κ2) is 10.2. The van der Waals surface area contributed by atoms with E-state index in [1.165, 1.54) is 18.0 Å². The molecule has 0 radical (unpaired) electrons. The summed E-state index contributed by atoms with van der Waals surface area (Å²) in [7, 11) is 0. The van der Waals surface area contributed by atoms with Gasteiger partial charge in [0, 0.05) is 33.7 Å². The lowest BCUT2D eigenvalue weighted by atomic mass is 10.2. The second-order valence-corrected chi connectivity index (χ2v) is 8.36. The minimum absolute atomic E-state index is 0.0831. The van der Waals surface area contributed by atoms with E-state index < -0.39 is 0 Å². The molecule has 0 atom stereocenters. The number of benzene rings is 2. The van der Waals surface area contributed by atoms with E-state index in [1.807, 2.05) is 41.0 Å². The highest BCUT2D eigenvalue weighted by Gasteiger charge is 2.17. The number of aromatic hydroxyl groups is 1. The molecule has 2 N–H and O–H groups in total. The molecule has 4 rings (SSSR count). The van der Waals surface area contributed by atoms with Crippen molar-refractivity contribution in [2.24, 2.45) is 5.10 Å². The zero-order valence-electron chi connectivity index (χ0n) is 16.6.